The van der Waals surface area contributed by atoms with E-state index in [9.17, 15) is 4.79 Å². The highest BCUT2D eigenvalue weighted by atomic mass is 35.5. The molecule has 0 aromatic heterocycles. The number of hydrogen-bond donors (Lipinski definition) is 1. The normalized spacial score (nSPS) is 10.6. The smallest absolute Gasteiger partial charge is 0.407 e. The average Bonchev–Trinajstić information content (AvgIpc) is 2.45. The van der Waals surface area contributed by atoms with Crippen LogP contribution < -0.4 is 5.32 Å². The monoisotopic (exact) mass is 281 g/mol. The molecule has 1 aromatic carbocycles. The number of benzene rings is 1. The van der Waals surface area contributed by atoms with Crippen molar-refractivity contribution in [2.24, 2.45) is 0 Å². The summed E-state index contributed by atoms with van der Waals surface area (Å²) in [6.45, 7) is 0.964. The Kier molecular flexibility index (Phi) is 8.56. The first-order valence-electron chi connectivity index (χ1n) is 6.52. The first-order valence-corrected chi connectivity index (χ1v) is 6.96. The summed E-state index contributed by atoms with van der Waals surface area (Å²) in [5.74, 6) is 0. The van der Waals surface area contributed by atoms with Crippen LogP contribution in [0.2, 0.25) is 0 Å². The number of nitrogens with one attached hydrogen (secondary N) is 1. The predicted octanol–water partition coefficient (Wildman–Crippen LogP) is 4.23. The van der Waals surface area contributed by atoms with Crippen molar-refractivity contribution in [3.05, 3.63) is 47.5 Å². The van der Waals surface area contributed by atoms with Gasteiger partial charge in [0.25, 0.3) is 0 Å². The van der Waals surface area contributed by atoms with Gasteiger partial charge in [-0.05, 0) is 24.8 Å². The largest absolute Gasteiger partial charge is 0.445 e. The molecule has 0 saturated heterocycles. The van der Waals surface area contributed by atoms with Crippen molar-refractivity contribution in [2.75, 3.05) is 6.54 Å². The van der Waals surface area contributed by atoms with Crippen molar-refractivity contribution >= 4 is 17.7 Å². The SMILES string of the molecule is O=C(NCCCCC/C=C/Cl)OCc1ccccc1. The fourth-order valence-electron chi connectivity index (χ4n) is 1.59. The molecule has 1 rings (SSSR count). The van der Waals surface area contributed by atoms with Crippen molar-refractivity contribution in [2.45, 2.75) is 32.3 Å². The molecule has 0 atom stereocenters. The van der Waals surface area contributed by atoms with Crippen LogP contribution >= 0.6 is 11.6 Å². The van der Waals surface area contributed by atoms with Crippen molar-refractivity contribution < 1.29 is 9.53 Å². The lowest BCUT2D eigenvalue weighted by atomic mass is 10.2. The summed E-state index contributed by atoms with van der Waals surface area (Å²) < 4.78 is 5.09. The van der Waals surface area contributed by atoms with Crippen molar-refractivity contribution in [3.8, 4) is 0 Å². The molecule has 0 fully saturated rings. The Morgan fingerprint density at radius 1 is 1.21 bits per heavy atom. The second-order valence-electron chi connectivity index (χ2n) is 4.20. The van der Waals surface area contributed by atoms with Crippen molar-refractivity contribution in [1.29, 1.82) is 0 Å². The van der Waals surface area contributed by atoms with E-state index in [0.717, 1.165) is 31.2 Å². The van der Waals surface area contributed by atoms with Gasteiger partial charge >= 0.3 is 6.09 Å². The molecule has 0 aliphatic heterocycles. The Labute approximate surface area is 119 Å². The lowest BCUT2D eigenvalue weighted by Gasteiger charge is -2.06. The molecule has 3 nitrogen and oxygen atoms in total. The zero-order chi connectivity index (χ0) is 13.8. The van der Waals surface area contributed by atoms with Gasteiger partial charge in [0.1, 0.15) is 6.61 Å². The molecule has 1 amide bonds. The number of amides is 1. The zero-order valence-corrected chi connectivity index (χ0v) is 11.7. The van der Waals surface area contributed by atoms with Gasteiger partial charge in [-0.1, -0.05) is 54.4 Å². The average molecular weight is 282 g/mol. The van der Waals surface area contributed by atoms with E-state index in [1.165, 1.54) is 0 Å². The predicted molar refractivity (Wildman–Crippen MR) is 78.1 cm³/mol. The third kappa shape index (κ3) is 8.27. The minimum absolute atomic E-state index is 0.313. The fraction of sp³-hybridized carbons (Fsp3) is 0.400. The van der Waals surface area contributed by atoms with Gasteiger partial charge < -0.3 is 10.1 Å². The molecule has 0 bridgehead atoms. The molecular formula is C15H20ClNO2. The minimum Gasteiger partial charge on any atom is -0.445 e. The van der Waals surface area contributed by atoms with Gasteiger partial charge in [0.15, 0.2) is 0 Å². The summed E-state index contributed by atoms with van der Waals surface area (Å²) >= 11 is 5.41. The highest BCUT2D eigenvalue weighted by Crippen LogP contribution is 2.02. The molecule has 0 heterocycles. The molecule has 1 aromatic rings. The molecule has 0 spiro atoms. The Morgan fingerprint density at radius 3 is 2.74 bits per heavy atom. The summed E-state index contributed by atoms with van der Waals surface area (Å²) in [7, 11) is 0. The van der Waals surface area contributed by atoms with E-state index in [1.807, 2.05) is 36.4 Å². The topological polar surface area (TPSA) is 38.3 Å². The van der Waals surface area contributed by atoms with E-state index in [0.29, 0.717) is 13.2 Å². The number of alkyl carbamates (subject to hydrolysis) is 1. The second-order valence-corrected chi connectivity index (χ2v) is 4.45. The van der Waals surface area contributed by atoms with Gasteiger partial charge in [0.2, 0.25) is 0 Å². The van der Waals surface area contributed by atoms with Gasteiger partial charge in [-0.3, -0.25) is 0 Å². The number of carbonyl (C=O) groups excluding carboxylic acids is 1. The summed E-state index contributed by atoms with van der Waals surface area (Å²) in [5.41, 5.74) is 2.53. The maximum absolute atomic E-state index is 11.4. The Balaban J connectivity index is 1.99. The summed E-state index contributed by atoms with van der Waals surface area (Å²) in [5, 5.41) is 2.74. The second kappa shape index (κ2) is 10.4. The lowest BCUT2D eigenvalue weighted by molar-refractivity contribution is 0.139. The number of ether oxygens (including phenoxy) is 1. The Bertz CT molecular complexity index is 379. The maximum Gasteiger partial charge on any atom is 0.407 e. The molecule has 0 aliphatic carbocycles. The zero-order valence-electron chi connectivity index (χ0n) is 11.0. The molecule has 4 heteroatoms. The van der Waals surface area contributed by atoms with Gasteiger partial charge in [-0.2, -0.15) is 0 Å². The van der Waals surface area contributed by atoms with Crippen LogP contribution in [0.25, 0.3) is 0 Å². The Hall–Kier alpha value is -1.48. The maximum atomic E-state index is 11.4. The molecule has 1 N–H and O–H groups in total. The first kappa shape index (κ1) is 15.6. The first-order chi connectivity index (χ1) is 9.33. The molecule has 19 heavy (non-hydrogen) atoms. The quantitative estimate of drug-likeness (QED) is 0.724. The van der Waals surface area contributed by atoms with Gasteiger partial charge in [0.05, 0.1) is 0 Å². The van der Waals surface area contributed by atoms with Crippen LogP contribution in [0.5, 0.6) is 0 Å². The number of allylic oxidation sites excluding steroid dienone is 1. The van der Waals surface area contributed by atoms with Gasteiger partial charge in [0, 0.05) is 12.1 Å². The van der Waals surface area contributed by atoms with Crippen LogP contribution in [0.1, 0.15) is 31.2 Å². The van der Waals surface area contributed by atoms with Crippen LogP contribution in [0.15, 0.2) is 41.9 Å². The van der Waals surface area contributed by atoms with E-state index in [1.54, 1.807) is 5.54 Å². The summed E-state index contributed by atoms with van der Waals surface area (Å²) in [6.07, 6.45) is 5.68. The molecule has 0 unspecified atom stereocenters. The van der Waals surface area contributed by atoms with E-state index in [4.69, 9.17) is 16.3 Å². The van der Waals surface area contributed by atoms with Crippen LogP contribution in [0.4, 0.5) is 4.79 Å². The van der Waals surface area contributed by atoms with E-state index < -0.39 is 0 Å². The molecule has 104 valence electrons. The lowest BCUT2D eigenvalue weighted by Crippen LogP contribution is -2.25. The molecule has 0 radical (unpaired) electrons. The number of rotatable bonds is 8. The summed E-state index contributed by atoms with van der Waals surface area (Å²) in [4.78, 5) is 11.4. The number of hydrogen-bond acceptors (Lipinski definition) is 2. The van der Waals surface area contributed by atoms with Crippen molar-refractivity contribution in [3.63, 3.8) is 0 Å². The number of unbranched alkanes of at least 4 members (excludes halogenated alkanes) is 3. The molecular weight excluding hydrogens is 262 g/mol. The third-order valence-electron chi connectivity index (χ3n) is 2.62. The van der Waals surface area contributed by atoms with Gasteiger partial charge in [-0.15, -0.1) is 0 Å². The molecule has 0 saturated carbocycles. The Morgan fingerprint density at radius 2 is 2.00 bits per heavy atom. The fourth-order valence-corrected chi connectivity index (χ4v) is 1.72. The van der Waals surface area contributed by atoms with E-state index in [-0.39, 0.29) is 6.09 Å². The van der Waals surface area contributed by atoms with Crippen molar-refractivity contribution in [1.82, 2.24) is 5.32 Å². The minimum atomic E-state index is -0.357. The highest BCUT2D eigenvalue weighted by molar-refractivity contribution is 6.25. The number of halogens is 1. The van der Waals surface area contributed by atoms with Crippen LogP contribution in [-0.2, 0) is 11.3 Å². The van der Waals surface area contributed by atoms with Gasteiger partial charge in [-0.25, -0.2) is 4.79 Å². The van der Waals surface area contributed by atoms with Crippen LogP contribution in [0, 0.1) is 0 Å². The summed E-state index contributed by atoms with van der Waals surface area (Å²) in [6, 6.07) is 9.64. The standard InChI is InChI=1S/C15H20ClNO2/c16-11-7-2-1-3-8-12-17-15(18)19-13-14-9-5-4-6-10-14/h4-7,9-11H,1-3,8,12-13H2,(H,17,18)/b11-7+. The van der Waals surface area contributed by atoms with E-state index in [2.05, 4.69) is 5.32 Å². The molecule has 0 aliphatic rings. The third-order valence-corrected chi connectivity index (χ3v) is 2.80. The van der Waals surface area contributed by atoms with E-state index >= 15 is 0 Å². The number of carbonyl (C=O) groups is 1. The van der Waals surface area contributed by atoms with Crippen LogP contribution in [0.3, 0.4) is 0 Å². The highest BCUT2D eigenvalue weighted by Gasteiger charge is 2.01. The van der Waals surface area contributed by atoms with Crippen LogP contribution in [-0.4, -0.2) is 12.6 Å².